The van der Waals surface area contributed by atoms with E-state index in [0.29, 0.717) is 13.2 Å². The van der Waals surface area contributed by atoms with Crippen LogP contribution in [0.4, 0.5) is 0 Å². The molecule has 6 nitrogen and oxygen atoms in total. The highest BCUT2D eigenvalue weighted by molar-refractivity contribution is 5.86. The van der Waals surface area contributed by atoms with Crippen molar-refractivity contribution in [3.8, 4) is 0 Å². The topological polar surface area (TPSA) is 88.2 Å². The van der Waals surface area contributed by atoms with Crippen LogP contribution in [0.5, 0.6) is 0 Å². The van der Waals surface area contributed by atoms with Gasteiger partial charge in [0.05, 0.1) is 0 Å². The molecule has 0 saturated carbocycles. The maximum absolute atomic E-state index is 12.2. The monoisotopic (exact) mass is 243 g/mol. The van der Waals surface area contributed by atoms with Crippen molar-refractivity contribution in [1.29, 1.82) is 0 Å². The first-order chi connectivity index (χ1) is 7.90. The summed E-state index contributed by atoms with van der Waals surface area (Å²) in [6, 6.07) is 0. The Morgan fingerprint density at radius 2 is 2.35 bits per heavy atom. The third kappa shape index (κ3) is 3.09. The molecule has 17 heavy (non-hydrogen) atoms. The van der Waals surface area contributed by atoms with E-state index in [4.69, 9.17) is 15.7 Å². The predicted molar refractivity (Wildman–Crippen MR) is 63.8 cm³/mol. The fourth-order valence-electron chi connectivity index (χ4n) is 2.04. The van der Waals surface area contributed by atoms with Crippen molar-refractivity contribution in [2.75, 3.05) is 20.2 Å². The van der Waals surface area contributed by atoms with Crippen LogP contribution >= 0.6 is 0 Å². The zero-order valence-corrected chi connectivity index (χ0v) is 10.6. The Morgan fingerprint density at radius 1 is 1.71 bits per heavy atom. The lowest BCUT2D eigenvalue weighted by atomic mass is 10.0. The minimum Gasteiger partial charge on any atom is -0.409 e. The van der Waals surface area contributed by atoms with Crippen molar-refractivity contribution >= 4 is 11.7 Å². The number of hydrogen-bond donors (Lipinski definition) is 2. The average molecular weight is 243 g/mol. The number of likely N-dealkylation sites (N-methyl/N-ethyl adjacent to an activating group) is 1. The van der Waals surface area contributed by atoms with E-state index in [1.54, 1.807) is 18.9 Å². The molecule has 0 radical (unpaired) electrons. The van der Waals surface area contributed by atoms with Gasteiger partial charge in [0.25, 0.3) is 5.91 Å². The first-order valence-corrected chi connectivity index (χ1v) is 5.77. The number of carbonyl (C=O) groups excluding carboxylic acids is 1. The average Bonchev–Trinajstić information content (AvgIpc) is 2.75. The van der Waals surface area contributed by atoms with E-state index in [-0.39, 0.29) is 17.7 Å². The molecule has 1 aliphatic rings. The van der Waals surface area contributed by atoms with Gasteiger partial charge in [0.2, 0.25) is 0 Å². The molecule has 2 atom stereocenters. The lowest BCUT2D eigenvalue weighted by molar-refractivity contribution is -0.149. The van der Waals surface area contributed by atoms with Gasteiger partial charge in [0.15, 0.2) is 0 Å². The minimum absolute atomic E-state index is 0.0485. The van der Waals surface area contributed by atoms with Gasteiger partial charge in [-0.05, 0) is 19.8 Å². The Bertz CT molecular complexity index is 311. The normalized spacial score (nSPS) is 26.9. The molecule has 0 spiro atoms. The van der Waals surface area contributed by atoms with E-state index in [0.717, 1.165) is 12.8 Å². The van der Waals surface area contributed by atoms with E-state index in [2.05, 4.69) is 5.16 Å². The molecule has 1 fully saturated rings. The van der Waals surface area contributed by atoms with E-state index >= 15 is 0 Å². The quantitative estimate of drug-likeness (QED) is 0.324. The number of nitrogens with two attached hydrogens (primary N) is 1. The Balaban J connectivity index is 2.58. The Morgan fingerprint density at radius 3 is 2.82 bits per heavy atom. The molecule has 0 aromatic heterocycles. The molecule has 0 bridgehead atoms. The zero-order valence-electron chi connectivity index (χ0n) is 10.6. The van der Waals surface area contributed by atoms with Crippen molar-refractivity contribution in [2.24, 2.45) is 16.8 Å². The van der Waals surface area contributed by atoms with Crippen LogP contribution in [0.3, 0.4) is 0 Å². The van der Waals surface area contributed by atoms with Crippen LogP contribution in [0.1, 0.15) is 26.7 Å². The SMILES string of the molecule is CC(CN(C)C(=O)C1(C)CCCO1)C(N)=NO. The molecule has 0 aromatic carbocycles. The summed E-state index contributed by atoms with van der Waals surface area (Å²) in [5, 5.41) is 11.5. The lowest BCUT2D eigenvalue weighted by Crippen LogP contribution is -2.47. The van der Waals surface area contributed by atoms with Gasteiger partial charge in [0, 0.05) is 26.1 Å². The highest BCUT2D eigenvalue weighted by Crippen LogP contribution is 2.27. The molecule has 3 N–H and O–H groups in total. The summed E-state index contributed by atoms with van der Waals surface area (Å²) < 4.78 is 5.49. The van der Waals surface area contributed by atoms with Gasteiger partial charge in [-0.15, -0.1) is 0 Å². The number of amidine groups is 1. The molecule has 98 valence electrons. The van der Waals surface area contributed by atoms with Gasteiger partial charge < -0.3 is 20.6 Å². The number of carbonyl (C=O) groups is 1. The highest BCUT2D eigenvalue weighted by Gasteiger charge is 2.39. The van der Waals surface area contributed by atoms with E-state index in [9.17, 15) is 4.79 Å². The third-order valence-electron chi connectivity index (χ3n) is 3.19. The van der Waals surface area contributed by atoms with Crippen LogP contribution in [0, 0.1) is 5.92 Å². The second-order valence-electron chi connectivity index (χ2n) is 4.79. The van der Waals surface area contributed by atoms with Crippen LogP contribution in [-0.2, 0) is 9.53 Å². The molecule has 0 aromatic rings. The first kappa shape index (κ1) is 13.8. The van der Waals surface area contributed by atoms with Crippen LogP contribution in [0.25, 0.3) is 0 Å². The summed E-state index contributed by atoms with van der Waals surface area (Å²) in [6.07, 6.45) is 1.65. The largest absolute Gasteiger partial charge is 0.409 e. The maximum atomic E-state index is 12.2. The lowest BCUT2D eigenvalue weighted by Gasteiger charge is -2.29. The molecule has 1 aliphatic heterocycles. The molecule has 2 unspecified atom stereocenters. The van der Waals surface area contributed by atoms with Gasteiger partial charge in [-0.1, -0.05) is 12.1 Å². The van der Waals surface area contributed by atoms with Crippen molar-refractivity contribution in [3.63, 3.8) is 0 Å². The van der Waals surface area contributed by atoms with Gasteiger partial charge in [0.1, 0.15) is 11.4 Å². The van der Waals surface area contributed by atoms with Crippen molar-refractivity contribution in [2.45, 2.75) is 32.3 Å². The summed E-state index contributed by atoms with van der Waals surface area (Å²) >= 11 is 0. The number of rotatable bonds is 4. The summed E-state index contributed by atoms with van der Waals surface area (Å²) in [7, 11) is 1.70. The molecule has 0 aliphatic carbocycles. The fraction of sp³-hybridized carbons (Fsp3) is 0.818. The van der Waals surface area contributed by atoms with Crippen LogP contribution in [-0.4, -0.2) is 47.7 Å². The van der Waals surface area contributed by atoms with Gasteiger partial charge in [-0.25, -0.2) is 0 Å². The standard InChI is InChI=1S/C11H21N3O3/c1-8(9(12)13-16)7-14(3)10(15)11(2)5-4-6-17-11/h8,16H,4-7H2,1-3H3,(H2,12,13). The second-order valence-corrected chi connectivity index (χ2v) is 4.79. The van der Waals surface area contributed by atoms with Crippen LogP contribution < -0.4 is 5.73 Å². The van der Waals surface area contributed by atoms with Crippen LogP contribution in [0.2, 0.25) is 0 Å². The first-order valence-electron chi connectivity index (χ1n) is 5.77. The number of ether oxygens (including phenoxy) is 1. The molecule has 1 amide bonds. The molecule has 1 heterocycles. The smallest absolute Gasteiger partial charge is 0.254 e. The Labute approximate surface area is 101 Å². The Kier molecular flexibility index (Phi) is 4.34. The minimum atomic E-state index is -0.709. The van der Waals surface area contributed by atoms with Gasteiger partial charge in [-0.3, -0.25) is 4.79 Å². The van der Waals surface area contributed by atoms with Gasteiger partial charge >= 0.3 is 0 Å². The number of oxime groups is 1. The predicted octanol–water partition coefficient (Wildman–Crippen LogP) is 0.396. The third-order valence-corrected chi connectivity index (χ3v) is 3.19. The number of hydrogen-bond acceptors (Lipinski definition) is 4. The molecule has 1 rings (SSSR count). The van der Waals surface area contributed by atoms with Crippen molar-refractivity contribution in [3.05, 3.63) is 0 Å². The fourth-order valence-corrected chi connectivity index (χ4v) is 2.04. The summed E-state index contributed by atoms with van der Waals surface area (Å²) in [4.78, 5) is 13.7. The molecular formula is C11H21N3O3. The number of amides is 1. The highest BCUT2D eigenvalue weighted by atomic mass is 16.5. The van der Waals surface area contributed by atoms with Crippen molar-refractivity contribution < 1.29 is 14.7 Å². The number of nitrogens with zero attached hydrogens (tertiary/aromatic N) is 2. The maximum Gasteiger partial charge on any atom is 0.254 e. The molecule has 1 saturated heterocycles. The van der Waals surface area contributed by atoms with Gasteiger partial charge in [-0.2, -0.15) is 0 Å². The van der Waals surface area contributed by atoms with Crippen LogP contribution in [0.15, 0.2) is 5.16 Å². The van der Waals surface area contributed by atoms with E-state index < -0.39 is 5.60 Å². The molecular weight excluding hydrogens is 222 g/mol. The summed E-state index contributed by atoms with van der Waals surface area (Å²) in [5.41, 5.74) is 4.77. The second kappa shape index (κ2) is 5.35. The van der Waals surface area contributed by atoms with E-state index in [1.807, 2.05) is 6.92 Å². The summed E-state index contributed by atoms with van der Waals surface area (Å²) in [6.45, 7) is 4.66. The van der Waals surface area contributed by atoms with E-state index in [1.165, 1.54) is 0 Å². The van der Waals surface area contributed by atoms with Crippen molar-refractivity contribution in [1.82, 2.24) is 4.90 Å². The Hall–Kier alpha value is -1.30. The zero-order chi connectivity index (χ0) is 13.1. The summed E-state index contributed by atoms with van der Waals surface area (Å²) in [5.74, 6) is -0.103. The molecule has 6 heteroatoms.